The number of carbonyl (C=O) groups is 1. The summed E-state index contributed by atoms with van der Waals surface area (Å²) < 4.78 is 43.7. The van der Waals surface area contributed by atoms with Gasteiger partial charge in [-0.3, -0.25) is 4.79 Å². The van der Waals surface area contributed by atoms with Gasteiger partial charge in [-0.1, -0.05) is 11.6 Å². The third kappa shape index (κ3) is 4.17. The summed E-state index contributed by atoms with van der Waals surface area (Å²) >= 11 is 6.01. The van der Waals surface area contributed by atoms with Crippen LogP contribution in [0.4, 0.5) is 19.0 Å². The highest BCUT2D eigenvalue weighted by Gasteiger charge is 2.31. The number of fused-ring (bicyclic) bond motifs is 1. The molecule has 0 bridgehead atoms. The Morgan fingerprint density at radius 1 is 1.10 bits per heavy atom. The van der Waals surface area contributed by atoms with Crippen LogP contribution < -0.4 is 9.64 Å². The summed E-state index contributed by atoms with van der Waals surface area (Å²) in [6.07, 6.45) is -1.79. The van der Waals surface area contributed by atoms with Crippen LogP contribution in [0.2, 0.25) is 5.02 Å². The molecule has 1 amide bonds. The fourth-order valence-electron chi connectivity index (χ4n) is 3.35. The molecule has 0 atom stereocenters. The Morgan fingerprint density at radius 2 is 1.86 bits per heavy atom. The van der Waals surface area contributed by atoms with Crippen LogP contribution in [0.1, 0.15) is 11.1 Å². The highest BCUT2D eigenvalue weighted by molar-refractivity contribution is 6.30. The highest BCUT2D eigenvalue weighted by atomic mass is 35.5. The van der Waals surface area contributed by atoms with Gasteiger partial charge in [-0.05, 0) is 36.4 Å². The van der Waals surface area contributed by atoms with E-state index in [1.807, 2.05) is 4.90 Å². The third-order valence-electron chi connectivity index (χ3n) is 4.93. The second-order valence-electron chi connectivity index (χ2n) is 6.82. The van der Waals surface area contributed by atoms with Gasteiger partial charge in [-0.15, -0.1) is 0 Å². The molecule has 0 aliphatic carbocycles. The van der Waals surface area contributed by atoms with Crippen LogP contribution in [0, 0.1) is 0 Å². The number of aromatic nitrogens is 1. The van der Waals surface area contributed by atoms with Crippen LogP contribution in [-0.4, -0.2) is 48.6 Å². The van der Waals surface area contributed by atoms with Crippen molar-refractivity contribution in [2.75, 3.05) is 37.7 Å². The standard InChI is InChI=1S/C20H17ClF3N3O2/c21-16-2-3-17-13(10-16)9-14(12-29-17)19(28)27-7-5-26(6-8-27)18-4-1-15(11-25-18)20(22,23)24/h1-4,9-11H,5-8,12H2. The van der Waals surface area contributed by atoms with E-state index in [1.165, 1.54) is 6.07 Å². The van der Waals surface area contributed by atoms with Gasteiger partial charge in [0.2, 0.25) is 0 Å². The number of nitrogens with zero attached hydrogens (tertiary/aromatic N) is 3. The predicted octanol–water partition coefficient (Wildman–Crippen LogP) is 3.88. The zero-order valence-electron chi connectivity index (χ0n) is 15.2. The van der Waals surface area contributed by atoms with E-state index in [0.717, 1.165) is 17.8 Å². The molecular weight excluding hydrogens is 407 g/mol. The summed E-state index contributed by atoms with van der Waals surface area (Å²) in [6, 6.07) is 7.63. The molecule has 2 aliphatic rings. The van der Waals surface area contributed by atoms with Crippen LogP contribution >= 0.6 is 11.6 Å². The highest BCUT2D eigenvalue weighted by Crippen LogP contribution is 2.31. The zero-order valence-corrected chi connectivity index (χ0v) is 16.0. The number of carbonyl (C=O) groups excluding carboxylic acids is 1. The quantitative estimate of drug-likeness (QED) is 0.735. The lowest BCUT2D eigenvalue weighted by atomic mass is 10.1. The number of pyridine rings is 1. The van der Waals surface area contributed by atoms with Gasteiger partial charge in [0.1, 0.15) is 18.2 Å². The summed E-state index contributed by atoms with van der Waals surface area (Å²) in [6.45, 7) is 2.05. The van der Waals surface area contributed by atoms with Crippen molar-refractivity contribution in [2.24, 2.45) is 0 Å². The monoisotopic (exact) mass is 423 g/mol. The molecule has 2 aromatic rings. The molecule has 4 rings (SSSR count). The first kappa shape index (κ1) is 19.6. The van der Waals surface area contributed by atoms with Gasteiger partial charge in [-0.2, -0.15) is 13.2 Å². The van der Waals surface area contributed by atoms with Gasteiger partial charge in [0.05, 0.1) is 11.1 Å². The number of hydrogen-bond donors (Lipinski definition) is 0. The van der Waals surface area contributed by atoms with E-state index in [9.17, 15) is 18.0 Å². The van der Waals surface area contributed by atoms with Crippen molar-refractivity contribution < 1.29 is 22.7 Å². The maximum atomic E-state index is 12.8. The van der Waals surface area contributed by atoms with Crippen LogP contribution in [-0.2, 0) is 11.0 Å². The lowest BCUT2D eigenvalue weighted by molar-refractivity contribution is -0.137. The minimum atomic E-state index is -4.41. The van der Waals surface area contributed by atoms with E-state index in [4.69, 9.17) is 16.3 Å². The number of amides is 1. The molecule has 29 heavy (non-hydrogen) atoms. The van der Waals surface area contributed by atoms with Crippen molar-refractivity contribution in [3.63, 3.8) is 0 Å². The van der Waals surface area contributed by atoms with Gasteiger partial charge in [-0.25, -0.2) is 4.98 Å². The predicted molar refractivity (Wildman–Crippen MR) is 103 cm³/mol. The van der Waals surface area contributed by atoms with Gasteiger partial charge >= 0.3 is 6.18 Å². The second-order valence-corrected chi connectivity index (χ2v) is 7.26. The van der Waals surface area contributed by atoms with E-state index in [1.54, 1.807) is 29.2 Å². The van der Waals surface area contributed by atoms with Gasteiger partial charge in [0, 0.05) is 43.0 Å². The molecule has 2 aliphatic heterocycles. The maximum Gasteiger partial charge on any atom is 0.417 e. The number of benzene rings is 1. The van der Waals surface area contributed by atoms with Gasteiger partial charge in [0.15, 0.2) is 0 Å². The lowest BCUT2D eigenvalue weighted by Crippen LogP contribution is -2.49. The molecule has 0 N–H and O–H groups in total. The number of hydrogen-bond acceptors (Lipinski definition) is 4. The third-order valence-corrected chi connectivity index (χ3v) is 5.16. The number of rotatable bonds is 2. The van der Waals surface area contributed by atoms with E-state index in [2.05, 4.69) is 4.98 Å². The maximum absolute atomic E-state index is 12.8. The molecule has 0 radical (unpaired) electrons. The van der Waals surface area contributed by atoms with E-state index in [0.29, 0.717) is 48.3 Å². The van der Waals surface area contributed by atoms with Crippen LogP contribution in [0.15, 0.2) is 42.1 Å². The first-order valence-corrected chi connectivity index (χ1v) is 9.39. The topological polar surface area (TPSA) is 45.7 Å². The van der Waals surface area contributed by atoms with Crippen LogP contribution in [0.3, 0.4) is 0 Å². The first-order valence-electron chi connectivity index (χ1n) is 9.02. The number of ether oxygens (including phenoxy) is 1. The van der Waals surface area contributed by atoms with E-state index in [-0.39, 0.29) is 12.5 Å². The average molecular weight is 424 g/mol. The van der Waals surface area contributed by atoms with Crippen molar-refractivity contribution >= 4 is 29.4 Å². The SMILES string of the molecule is O=C(C1=Cc2cc(Cl)ccc2OC1)N1CCN(c2ccc(C(F)(F)F)cn2)CC1. The van der Waals surface area contributed by atoms with Crippen molar-refractivity contribution in [3.05, 3.63) is 58.3 Å². The number of halogens is 4. The molecule has 5 nitrogen and oxygen atoms in total. The molecule has 0 spiro atoms. The van der Waals surface area contributed by atoms with E-state index >= 15 is 0 Å². The average Bonchev–Trinajstić information content (AvgIpc) is 2.72. The molecule has 1 saturated heterocycles. The molecule has 0 unspecified atom stereocenters. The Hall–Kier alpha value is -2.74. The lowest BCUT2D eigenvalue weighted by Gasteiger charge is -2.36. The molecule has 0 saturated carbocycles. The Kier molecular flexibility index (Phi) is 5.12. The van der Waals surface area contributed by atoms with Gasteiger partial charge < -0.3 is 14.5 Å². The summed E-state index contributed by atoms with van der Waals surface area (Å²) in [5.74, 6) is 1.04. The number of anilines is 1. The molecule has 9 heteroatoms. The van der Waals surface area contributed by atoms with Crippen LogP contribution in [0.5, 0.6) is 5.75 Å². The molecule has 3 heterocycles. The second kappa shape index (κ2) is 7.59. The normalized spacial score (nSPS) is 16.8. The van der Waals surface area contributed by atoms with Crippen molar-refractivity contribution in [3.8, 4) is 5.75 Å². The summed E-state index contributed by atoms with van der Waals surface area (Å²) in [7, 11) is 0. The largest absolute Gasteiger partial charge is 0.488 e. The van der Waals surface area contributed by atoms with Crippen molar-refractivity contribution in [1.29, 1.82) is 0 Å². The van der Waals surface area contributed by atoms with E-state index < -0.39 is 11.7 Å². The van der Waals surface area contributed by atoms with Crippen molar-refractivity contribution in [1.82, 2.24) is 9.88 Å². The summed E-state index contributed by atoms with van der Waals surface area (Å²) in [5.41, 5.74) is 0.528. The number of alkyl halides is 3. The molecule has 152 valence electrons. The minimum Gasteiger partial charge on any atom is -0.488 e. The van der Waals surface area contributed by atoms with Gasteiger partial charge in [0.25, 0.3) is 5.91 Å². The number of piperazine rings is 1. The van der Waals surface area contributed by atoms with Crippen LogP contribution in [0.25, 0.3) is 6.08 Å². The molecule has 1 aromatic carbocycles. The Bertz CT molecular complexity index is 952. The summed E-state index contributed by atoms with van der Waals surface area (Å²) in [4.78, 5) is 20.3. The smallest absolute Gasteiger partial charge is 0.417 e. The first-order chi connectivity index (χ1) is 13.8. The Morgan fingerprint density at radius 3 is 2.52 bits per heavy atom. The van der Waals surface area contributed by atoms with Crippen molar-refractivity contribution in [2.45, 2.75) is 6.18 Å². The fourth-order valence-corrected chi connectivity index (χ4v) is 3.53. The molecular formula is C20H17ClF3N3O2. The fraction of sp³-hybridized carbons (Fsp3) is 0.300. The molecule has 1 aromatic heterocycles. The molecule has 1 fully saturated rings. The minimum absolute atomic E-state index is 0.115. The summed E-state index contributed by atoms with van der Waals surface area (Å²) in [5, 5.41) is 0.565. The Labute approximate surface area is 170 Å². The Balaban J connectivity index is 1.40. The zero-order chi connectivity index (χ0) is 20.6.